The second kappa shape index (κ2) is 5.49. The van der Waals surface area contributed by atoms with Gasteiger partial charge in [-0.3, -0.25) is 14.0 Å². The molecule has 1 amide bonds. The molecule has 21 heavy (non-hydrogen) atoms. The van der Waals surface area contributed by atoms with Gasteiger partial charge in [0.2, 0.25) is 0 Å². The number of imidazole rings is 1. The molecule has 0 atom stereocenters. The van der Waals surface area contributed by atoms with Crippen molar-refractivity contribution in [1.29, 1.82) is 0 Å². The average Bonchev–Trinajstić information content (AvgIpc) is 3.09. The summed E-state index contributed by atoms with van der Waals surface area (Å²) in [6.45, 7) is 2.91. The minimum atomic E-state index is -0.411. The van der Waals surface area contributed by atoms with Crippen LogP contribution in [-0.2, 0) is 6.54 Å². The summed E-state index contributed by atoms with van der Waals surface area (Å²) in [6.07, 6.45) is 6.49. The van der Waals surface area contributed by atoms with Crippen LogP contribution < -0.4 is 10.9 Å². The number of nitrogens with zero attached hydrogens (tertiary/aromatic N) is 4. The summed E-state index contributed by atoms with van der Waals surface area (Å²) < 4.78 is 3.30. The normalized spacial score (nSPS) is 10.9. The molecule has 3 aromatic rings. The van der Waals surface area contributed by atoms with Crippen LogP contribution in [0.5, 0.6) is 0 Å². The molecule has 0 aromatic carbocycles. The van der Waals surface area contributed by atoms with Gasteiger partial charge in [-0.2, -0.15) is 0 Å². The minimum Gasteiger partial charge on any atom is -0.350 e. The first-order valence-corrected chi connectivity index (χ1v) is 7.25. The van der Waals surface area contributed by atoms with E-state index in [9.17, 15) is 9.59 Å². The smallest absolute Gasteiger partial charge is 0.271 e. The number of hydrogen-bond donors (Lipinski definition) is 1. The largest absolute Gasteiger partial charge is 0.350 e. The zero-order valence-corrected chi connectivity index (χ0v) is 12.1. The molecule has 1 N–H and O–H groups in total. The molecule has 0 radical (unpaired) electrons. The molecule has 3 rings (SSSR count). The lowest BCUT2D eigenvalue weighted by atomic mass is 10.3. The number of aromatic nitrogens is 4. The maximum absolute atomic E-state index is 12.1. The van der Waals surface area contributed by atoms with Gasteiger partial charge in [-0.05, 0) is 6.92 Å². The van der Waals surface area contributed by atoms with Gasteiger partial charge in [-0.1, -0.05) is 0 Å². The van der Waals surface area contributed by atoms with Crippen LogP contribution in [0.15, 0.2) is 35.0 Å². The van der Waals surface area contributed by atoms with Gasteiger partial charge in [0.1, 0.15) is 11.4 Å². The van der Waals surface area contributed by atoms with E-state index >= 15 is 0 Å². The molecule has 3 aromatic heterocycles. The van der Waals surface area contributed by atoms with Crippen molar-refractivity contribution in [3.8, 4) is 0 Å². The van der Waals surface area contributed by atoms with Crippen LogP contribution in [0.3, 0.4) is 0 Å². The van der Waals surface area contributed by atoms with Crippen molar-refractivity contribution < 1.29 is 4.79 Å². The van der Waals surface area contributed by atoms with Gasteiger partial charge in [0, 0.05) is 43.3 Å². The molecule has 0 saturated carbocycles. The number of amides is 1. The molecule has 0 aliphatic rings. The maximum Gasteiger partial charge on any atom is 0.271 e. The number of nitrogens with one attached hydrogen (secondary N) is 1. The van der Waals surface area contributed by atoms with Crippen molar-refractivity contribution in [2.24, 2.45) is 0 Å². The molecular formula is C13H13N5O2S. The summed E-state index contributed by atoms with van der Waals surface area (Å²) >= 11 is 1.35. The zero-order valence-electron chi connectivity index (χ0n) is 11.3. The van der Waals surface area contributed by atoms with E-state index in [0.717, 1.165) is 5.82 Å². The van der Waals surface area contributed by atoms with E-state index in [2.05, 4.69) is 15.3 Å². The molecule has 0 spiro atoms. The summed E-state index contributed by atoms with van der Waals surface area (Å²) in [6, 6.07) is 0. The maximum atomic E-state index is 12.1. The van der Waals surface area contributed by atoms with Gasteiger partial charge in [-0.15, -0.1) is 11.3 Å². The standard InChI is InChI=1S/C13H13N5O2S/c1-9-14-2-4-17(9)5-3-15-11(19)10-8-16-13-18(12(10)20)6-7-21-13/h2,4,6-8H,3,5H2,1H3,(H,15,19). The fourth-order valence-corrected chi connectivity index (χ4v) is 2.68. The first-order chi connectivity index (χ1) is 10.2. The fraction of sp³-hybridized carbons (Fsp3) is 0.231. The number of carbonyl (C=O) groups is 1. The molecule has 0 bridgehead atoms. The van der Waals surface area contributed by atoms with E-state index in [1.807, 2.05) is 17.7 Å². The number of aryl methyl sites for hydroxylation is 1. The van der Waals surface area contributed by atoms with Gasteiger partial charge < -0.3 is 9.88 Å². The Morgan fingerprint density at radius 1 is 1.38 bits per heavy atom. The van der Waals surface area contributed by atoms with Crippen molar-refractivity contribution in [2.75, 3.05) is 6.54 Å². The van der Waals surface area contributed by atoms with E-state index in [1.165, 1.54) is 21.9 Å². The SMILES string of the molecule is Cc1nccn1CCNC(=O)c1cnc2sccn2c1=O. The topological polar surface area (TPSA) is 81.3 Å². The second-order valence-electron chi connectivity index (χ2n) is 4.46. The molecule has 108 valence electrons. The minimum absolute atomic E-state index is 0.0493. The quantitative estimate of drug-likeness (QED) is 0.769. The Bertz CT molecular complexity index is 847. The highest BCUT2D eigenvalue weighted by Crippen LogP contribution is 2.05. The molecule has 0 saturated heterocycles. The second-order valence-corrected chi connectivity index (χ2v) is 5.33. The van der Waals surface area contributed by atoms with E-state index in [0.29, 0.717) is 18.1 Å². The van der Waals surface area contributed by atoms with Gasteiger partial charge >= 0.3 is 0 Å². The first-order valence-electron chi connectivity index (χ1n) is 6.37. The van der Waals surface area contributed by atoms with Crippen LogP contribution in [0.2, 0.25) is 0 Å². The monoisotopic (exact) mass is 303 g/mol. The summed E-state index contributed by atoms with van der Waals surface area (Å²) in [5, 5.41) is 4.48. The van der Waals surface area contributed by atoms with Crippen molar-refractivity contribution in [1.82, 2.24) is 24.3 Å². The number of carbonyl (C=O) groups excluding carboxylic acids is 1. The molecule has 0 aliphatic carbocycles. The van der Waals surface area contributed by atoms with Crippen molar-refractivity contribution in [3.63, 3.8) is 0 Å². The molecule has 3 heterocycles. The fourth-order valence-electron chi connectivity index (χ4n) is 2.01. The summed E-state index contributed by atoms with van der Waals surface area (Å²) in [5.41, 5.74) is -0.300. The lowest BCUT2D eigenvalue weighted by Crippen LogP contribution is -2.33. The Morgan fingerprint density at radius 2 is 2.24 bits per heavy atom. The van der Waals surface area contributed by atoms with Gasteiger partial charge in [0.05, 0.1) is 0 Å². The number of thiazole rings is 1. The third-order valence-electron chi connectivity index (χ3n) is 3.15. The van der Waals surface area contributed by atoms with Crippen LogP contribution in [0.25, 0.3) is 4.96 Å². The Kier molecular flexibility index (Phi) is 3.53. The molecule has 8 heteroatoms. The van der Waals surface area contributed by atoms with Crippen molar-refractivity contribution in [2.45, 2.75) is 13.5 Å². The first kappa shape index (κ1) is 13.5. The van der Waals surface area contributed by atoms with Crippen LogP contribution in [-0.4, -0.2) is 31.4 Å². The summed E-state index contributed by atoms with van der Waals surface area (Å²) in [5.74, 6) is 0.469. The summed E-state index contributed by atoms with van der Waals surface area (Å²) in [4.78, 5) is 33.0. The highest BCUT2D eigenvalue weighted by molar-refractivity contribution is 7.15. The summed E-state index contributed by atoms with van der Waals surface area (Å²) in [7, 11) is 0. The van der Waals surface area contributed by atoms with Crippen LogP contribution in [0, 0.1) is 6.92 Å². The van der Waals surface area contributed by atoms with E-state index in [4.69, 9.17) is 0 Å². The van der Waals surface area contributed by atoms with Crippen LogP contribution in [0.4, 0.5) is 0 Å². The van der Waals surface area contributed by atoms with Gasteiger partial charge in [0.15, 0.2) is 4.96 Å². The van der Waals surface area contributed by atoms with Crippen LogP contribution in [0.1, 0.15) is 16.2 Å². The highest BCUT2D eigenvalue weighted by atomic mass is 32.1. The number of hydrogen-bond acceptors (Lipinski definition) is 5. The van der Waals surface area contributed by atoms with Crippen molar-refractivity contribution >= 4 is 22.2 Å². The molecule has 7 nitrogen and oxygen atoms in total. The van der Waals surface area contributed by atoms with E-state index < -0.39 is 5.91 Å². The Labute approximate surface area is 123 Å². The Morgan fingerprint density at radius 3 is 3.00 bits per heavy atom. The zero-order chi connectivity index (χ0) is 14.8. The molecule has 0 aliphatic heterocycles. The Balaban J connectivity index is 1.71. The average molecular weight is 303 g/mol. The lowest BCUT2D eigenvalue weighted by Gasteiger charge is -2.07. The van der Waals surface area contributed by atoms with Crippen LogP contribution >= 0.6 is 11.3 Å². The third kappa shape index (κ3) is 2.57. The highest BCUT2D eigenvalue weighted by Gasteiger charge is 2.13. The predicted molar refractivity (Wildman–Crippen MR) is 78.6 cm³/mol. The number of fused-ring (bicyclic) bond motifs is 1. The van der Waals surface area contributed by atoms with E-state index in [1.54, 1.807) is 17.8 Å². The van der Waals surface area contributed by atoms with Gasteiger partial charge in [-0.25, -0.2) is 9.97 Å². The van der Waals surface area contributed by atoms with Crippen molar-refractivity contribution in [3.05, 3.63) is 51.9 Å². The van der Waals surface area contributed by atoms with E-state index in [-0.39, 0.29) is 11.1 Å². The Hall–Kier alpha value is -2.48. The third-order valence-corrected chi connectivity index (χ3v) is 3.92. The molecular weight excluding hydrogens is 290 g/mol. The molecule has 0 fully saturated rings. The molecule has 0 unspecified atom stereocenters. The lowest BCUT2D eigenvalue weighted by molar-refractivity contribution is 0.0950. The predicted octanol–water partition coefficient (Wildman–Crippen LogP) is 0.691. The number of rotatable bonds is 4. The van der Waals surface area contributed by atoms with Gasteiger partial charge in [0.25, 0.3) is 11.5 Å².